The largest absolute Gasteiger partial charge is 0.340 e. The molecule has 1 N–H and O–H groups in total. The van der Waals surface area contributed by atoms with E-state index in [-0.39, 0.29) is 5.91 Å². The van der Waals surface area contributed by atoms with Gasteiger partial charge in [-0.3, -0.25) is 4.79 Å². The molecule has 0 aliphatic heterocycles. The summed E-state index contributed by atoms with van der Waals surface area (Å²) in [6, 6.07) is 7.80. The lowest BCUT2D eigenvalue weighted by Gasteiger charge is -2.17. The number of hydrogen-bond acceptors (Lipinski definition) is 5. The number of hydrogen-bond donors (Lipinski definition) is 1. The van der Waals surface area contributed by atoms with Crippen molar-refractivity contribution in [3.8, 4) is 0 Å². The summed E-state index contributed by atoms with van der Waals surface area (Å²) in [4.78, 5) is 19.6. The Kier molecular flexibility index (Phi) is 6.42. The van der Waals surface area contributed by atoms with Gasteiger partial charge in [0.2, 0.25) is 0 Å². The van der Waals surface area contributed by atoms with Crippen LogP contribution < -0.4 is 5.32 Å². The Labute approximate surface area is 139 Å². The third kappa shape index (κ3) is 4.83. The number of likely N-dealkylation sites (N-methyl/N-ethyl adjacent to an activating group) is 2. The highest BCUT2D eigenvalue weighted by Crippen LogP contribution is 2.24. The molecule has 0 atom stereocenters. The zero-order valence-electron chi connectivity index (χ0n) is 13.1. The Bertz CT molecular complexity index is 610. The Morgan fingerprint density at radius 2 is 2.09 bits per heavy atom. The van der Waals surface area contributed by atoms with Gasteiger partial charge >= 0.3 is 0 Å². The Balaban J connectivity index is 1.90. The number of aromatic nitrogens is 1. The van der Waals surface area contributed by atoms with E-state index in [2.05, 4.69) is 15.7 Å². The Morgan fingerprint density at radius 3 is 2.68 bits per heavy atom. The zero-order valence-corrected chi connectivity index (χ0v) is 14.8. The van der Waals surface area contributed by atoms with Gasteiger partial charge in [0.1, 0.15) is 0 Å². The molecule has 22 heavy (non-hydrogen) atoms. The first kappa shape index (κ1) is 17.0. The minimum absolute atomic E-state index is 0.0573. The van der Waals surface area contributed by atoms with Crippen LogP contribution in [0.15, 0.2) is 34.5 Å². The molecule has 1 heterocycles. The van der Waals surface area contributed by atoms with E-state index in [9.17, 15) is 4.79 Å². The number of aryl methyl sites for hydroxylation is 1. The molecule has 1 aromatic heterocycles. The van der Waals surface area contributed by atoms with E-state index in [1.807, 2.05) is 45.3 Å². The average molecular weight is 335 g/mol. The fourth-order valence-electron chi connectivity index (χ4n) is 1.93. The lowest BCUT2D eigenvalue weighted by Crippen LogP contribution is -2.32. The monoisotopic (exact) mass is 335 g/mol. The minimum Gasteiger partial charge on any atom is -0.340 e. The third-order valence-electron chi connectivity index (χ3n) is 3.20. The van der Waals surface area contributed by atoms with Crippen molar-refractivity contribution in [3.05, 3.63) is 45.9 Å². The van der Waals surface area contributed by atoms with Gasteiger partial charge in [-0.15, -0.1) is 23.1 Å². The van der Waals surface area contributed by atoms with Crippen LogP contribution in [-0.2, 0) is 5.75 Å². The molecule has 4 nitrogen and oxygen atoms in total. The van der Waals surface area contributed by atoms with Crippen LogP contribution >= 0.6 is 23.1 Å². The number of thioether (sulfide) groups is 1. The minimum atomic E-state index is 0.0573. The highest BCUT2D eigenvalue weighted by atomic mass is 32.2. The normalized spacial score (nSPS) is 10.7. The molecule has 0 saturated heterocycles. The van der Waals surface area contributed by atoms with Gasteiger partial charge in [0.15, 0.2) is 0 Å². The van der Waals surface area contributed by atoms with E-state index >= 15 is 0 Å². The van der Waals surface area contributed by atoms with Crippen LogP contribution in [0.2, 0.25) is 0 Å². The Hall–Kier alpha value is -1.37. The summed E-state index contributed by atoms with van der Waals surface area (Å²) in [5.74, 6) is 0.918. The molecular weight excluding hydrogens is 314 g/mol. The summed E-state index contributed by atoms with van der Waals surface area (Å²) in [7, 11) is 3.71. The molecule has 0 radical (unpaired) electrons. The van der Waals surface area contributed by atoms with Crippen molar-refractivity contribution >= 4 is 29.0 Å². The molecule has 0 unspecified atom stereocenters. The molecule has 0 bridgehead atoms. The SMILES string of the molecule is CNCCN(C)C(=O)c1ccc(SCc2csc(C)n2)cc1. The summed E-state index contributed by atoms with van der Waals surface area (Å²) < 4.78 is 0. The fraction of sp³-hybridized carbons (Fsp3) is 0.375. The Morgan fingerprint density at radius 1 is 1.36 bits per heavy atom. The molecule has 2 aromatic rings. The number of amides is 1. The number of nitrogens with one attached hydrogen (secondary N) is 1. The zero-order chi connectivity index (χ0) is 15.9. The number of thiazole rings is 1. The van der Waals surface area contributed by atoms with E-state index < -0.39 is 0 Å². The van der Waals surface area contributed by atoms with Crippen molar-refractivity contribution in [1.82, 2.24) is 15.2 Å². The quantitative estimate of drug-likeness (QED) is 0.790. The number of carbonyl (C=O) groups is 1. The lowest BCUT2D eigenvalue weighted by atomic mass is 10.2. The number of rotatable bonds is 7. The van der Waals surface area contributed by atoms with Crippen molar-refractivity contribution in [3.63, 3.8) is 0 Å². The van der Waals surface area contributed by atoms with Crippen LogP contribution in [0, 0.1) is 6.92 Å². The molecule has 0 aliphatic carbocycles. The van der Waals surface area contributed by atoms with Crippen molar-refractivity contribution in [1.29, 1.82) is 0 Å². The van der Waals surface area contributed by atoms with Gasteiger partial charge in [-0.25, -0.2) is 4.98 Å². The standard InChI is InChI=1S/C16H21N3OS2/c1-12-18-14(10-21-12)11-22-15-6-4-13(5-7-15)16(20)19(3)9-8-17-2/h4-7,10,17H,8-9,11H2,1-3H3. The molecule has 118 valence electrons. The van der Waals surface area contributed by atoms with E-state index in [0.717, 1.165) is 33.5 Å². The number of benzene rings is 1. The first-order valence-electron chi connectivity index (χ1n) is 7.14. The molecule has 0 fully saturated rings. The predicted octanol–water partition coefficient (Wildman–Crippen LogP) is 3.04. The van der Waals surface area contributed by atoms with Crippen LogP contribution in [0.5, 0.6) is 0 Å². The van der Waals surface area contributed by atoms with E-state index in [1.54, 1.807) is 28.0 Å². The molecular formula is C16H21N3OS2. The lowest BCUT2D eigenvalue weighted by molar-refractivity contribution is 0.0797. The van der Waals surface area contributed by atoms with Crippen LogP contribution in [0.3, 0.4) is 0 Å². The fourth-order valence-corrected chi connectivity index (χ4v) is 3.44. The maximum Gasteiger partial charge on any atom is 0.253 e. The first-order chi connectivity index (χ1) is 10.6. The van der Waals surface area contributed by atoms with Crippen molar-refractivity contribution in [2.75, 3.05) is 27.2 Å². The van der Waals surface area contributed by atoms with Crippen LogP contribution in [0.1, 0.15) is 21.1 Å². The van der Waals surface area contributed by atoms with Crippen molar-refractivity contribution in [2.45, 2.75) is 17.6 Å². The van der Waals surface area contributed by atoms with Crippen molar-refractivity contribution in [2.24, 2.45) is 0 Å². The van der Waals surface area contributed by atoms with E-state index in [1.165, 1.54) is 0 Å². The van der Waals surface area contributed by atoms with Gasteiger partial charge in [-0.05, 0) is 38.2 Å². The number of nitrogens with zero attached hydrogens (tertiary/aromatic N) is 2. The van der Waals surface area contributed by atoms with Gasteiger partial charge in [-0.2, -0.15) is 0 Å². The highest BCUT2D eigenvalue weighted by Gasteiger charge is 2.11. The van der Waals surface area contributed by atoms with Gasteiger partial charge in [0.05, 0.1) is 10.7 Å². The van der Waals surface area contributed by atoms with Crippen LogP contribution in [0.25, 0.3) is 0 Å². The smallest absolute Gasteiger partial charge is 0.253 e. The molecule has 6 heteroatoms. The second-order valence-corrected chi connectivity index (χ2v) is 7.11. The molecule has 1 amide bonds. The summed E-state index contributed by atoms with van der Waals surface area (Å²) in [6.45, 7) is 3.52. The summed E-state index contributed by atoms with van der Waals surface area (Å²) in [5, 5.41) is 6.24. The highest BCUT2D eigenvalue weighted by molar-refractivity contribution is 7.98. The van der Waals surface area contributed by atoms with Gasteiger partial charge in [0.25, 0.3) is 5.91 Å². The second kappa shape index (κ2) is 8.31. The first-order valence-corrected chi connectivity index (χ1v) is 9.00. The molecule has 0 spiro atoms. The van der Waals surface area contributed by atoms with Gasteiger partial charge in [0, 0.05) is 41.7 Å². The van der Waals surface area contributed by atoms with Crippen LogP contribution in [0.4, 0.5) is 0 Å². The summed E-state index contributed by atoms with van der Waals surface area (Å²) >= 11 is 3.41. The summed E-state index contributed by atoms with van der Waals surface area (Å²) in [5.41, 5.74) is 1.84. The third-order valence-corrected chi connectivity index (χ3v) is 5.07. The van der Waals surface area contributed by atoms with Gasteiger partial charge in [-0.1, -0.05) is 0 Å². The van der Waals surface area contributed by atoms with E-state index in [0.29, 0.717) is 6.54 Å². The average Bonchev–Trinajstić information content (AvgIpc) is 2.96. The molecule has 1 aromatic carbocycles. The number of carbonyl (C=O) groups excluding carboxylic acids is 1. The molecule has 0 aliphatic rings. The van der Waals surface area contributed by atoms with Crippen LogP contribution in [-0.4, -0.2) is 43.0 Å². The molecule has 2 rings (SSSR count). The topological polar surface area (TPSA) is 45.2 Å². The maximum atomic E-state index is 12.2. The van der Waals surface area contributed by atoms with E-state index in [4.69, 9.17) is 0 Å². The second-order valence-electron chi connectivity index (χ2n) is 5.00. The van der Waals surface area contributed by atoms with Gasteiger partial charge < -0.3 is 10.2 Å². The molecule has 0 saturated carbocycles. The predicted molar refractivity (Wildman–Crippen MR) is 93.7 cm³/mol. The van der Waals surface area contributed by atoms with Crippen molar-refractivity contribution < 1.29 is 4.79 Å². The summed E-state index contributed by atoms with van der Waals surface area (Å²) in [6.07, 6.45) is 0. The maximum absolute atomic E-state index is 12.2.